The normalized spacial score (nSPS) is 23.8. The molecule has 0 bridgehead atoms. The molecular formula is C17H22NO2. The van der Waals surface area contributed by atoms with Crippen LogP contribution in [0.4, 0.5) is 0 Å². The summed E-state index contributed by atoms with van der Waals surface area (Å²) in [4.78, 5) is 14.5. The molecule has 2 fully saturated rings. The van der Waals surface area contributed by atoms with E-state index in [9.17, 15) is 4.79 Å². The maximum Gasteiger partial charge on any atom is 0.225 e. The Hall–Kier alpha value is -1.51. The minimum Gasteiger partial charge on any atom is -0.489 e. The van der Waals surface area contributed by atoms with Crippen LogP contribution in [0.2, 0.25) is 0 Å². The molecule has 1 aromatic rings. The van der Waals surface area contributed by atoms with Crippen LogP contribution < -0.4 is 4.74 Å². The first-order chi connectivity index (χ1) is 9.83. The molecular weight excluding hydrogens is 250 g/mol. The van der Waals surface area contributed by atoms with Crippen LogP contribution in [0.5, 0.6) is 5.75 Å². The van der Waals surface area contributed by atoms with E-state index >= 15 is 0 Å². The SMILES string of the molecule is O=C(C1CCCCC1)N1CC[C@@H](Oc2cc[c]cc2)C1. The molecule has 1 aromatic carbocycles. The summed E-state index contributed by atoms with van der Waals surface area (Å²) in [5.74, 6) is 1.51. The van der Waals surface area contributed by atoms with Crippen molar-refractivity contribution in [1.82, 2.24) is 4.90 Å². The number of amides is 1. The summed E-state index contributed by atoms with van der Waals surface area (Å²) >= 11 is 0. The topological polar surface area (TPSA) is 29.5 Å². The van der Waals surface area contributed by atoms with E-state index in [-0.39, 0.29) is 12.0 Å². The molecule has 1 aliphatic carbocycles. The molecule has 1 saturated carbocycles. The van der Waals surface area contributed by atoms with Gasteiger partial charge in [-0.2, -0.15) is 0 Å². The van der Waals surface area contributed by atoms with Crippen LogP contribution in [0.15, 0.2) is 24.3 Å². The summed E-state index contributed by atoms with van der Waals surface area (Å²) in [6.07, 6.45) is 6.96. The molecule has 1 radical (unpaired) electrons. The zero-order valence-electron chi connectivity index (χ0n) is 11.9. The summed E-state index contributed by atoms with van der Waals surface area (Å²) < 4.78 is 5.93. The number of nitrogens with zero attached hydrogens (tertiary/aromatic N) is 1. The first-order valence-corrected chi connectivity index (χ1v) is 7.74. The second kappa shape index (κ2) is 6.29. The van der Waals surface area contributed by atoms with E-state index < -0.39 is 0 Å². The first-order valence-electron chi connectivity index (χ1n) is 7.74. The van der Waals surface area contributed by atoms with Crippen LogP contribution in [-0.4, -0.2) is 30.0 Å². The number of rotatable bonds is 3. The van der Waals surface area contributed by atoms with Gasteiger partial charge in [0.15, 0.2) is 0 Å². The van der Waals surface area contributed by atoms with Crippen molar-refractivity contribution < 1.29 is 9.53 Å². The van der Waals surface area contributed by atoms with Gasteiger partial charge in [0.05, 0.1) is 6.54 Å². The number of carbonyl (C=O) groups excluding carboxylic acids is 1. The molecule has 3 nitrogen and oxygen atoms in total. The number of likely N-dealkylation sites (tertiary alicyclic amines) is 1. The Bertz CT molecular complexity index is 440. The van der Waals surface area contributed by atoms with Gasteiger partial charge >= 0.3 is 0 Å². The third kappa shape index (κ3) is 3.14. The third-order valence-corrected chi connectivity index (χ3v) is 4.40. The van der Waals surface area contributed by atoms with Gasteiger partial charge in [-0.15, -0.1) is 0 Å². The Morgan fingerprint density at radius 1 is 1.15 bits per heavy atom. The molecule has 1 atom stereocenters. The minimum absolute atomic E-state index is 0.143. The molecule has 0 N–H and O–H groups in total. The van der Waals surface area contributed by atoms with Crippen LogP contribution in [0.25, 0.3) is 0 Å². The Balaban J connectivity index is 1.52. The van der Waals surface area contributed by atoms with Crippen molar-refractivity contribution in [1.29, 1.82) is 0 Å². The van der Waals surface area contributed by atoms with E-state index in [0.29, 0.717) is 5.91 Å². The number of hydrogen-bond donors (Lipinski definition) is 0. The molecule has 20 heavy (non-hydrogen) atoms. The highest BCUT2D eigenvalue weighted by Gasteiger charge is 2.32. The number of carbonyl (C=O) groups is 1. The zero-order chi connectivity index (χ0) is 13.8. The number of ether oxygens (including phenoxy) is 1. The molecule has 107 valence electrons. The maximum absolute atomic E-state index is 12.5. The Morgan fingerprint density at radius 2 is 1.90 bits per heavy atom. The third-order valence-electron chi connectivity index (χ3n) is 4.40. The summed E-state index contributed by atoms with van der Waals surface area (Å²) in [7, 11) is 0. The van der Waals surface area contributed by atoms with Crippen LogP contribution in [0.3, 0.4) is 0 Å². The molecule has 1 aliphatic heterocycles. The molecule has 1 heterocycles. The first kappa shape index (κ1) is 13.5. The fourth-order valence-electron chi connectivity index (χ4n) is 3.27. The van der Waals surface area contributed by atoms with Gasteiger partial charge in [-0.1, -0.05) is 31.4 Å². The van der Waals surface area contributed by atoms with Crippen molar-refractivity contribution in [3.8, 4) is 5.75 Å². The van der Waals surface area contributed by atoms with Crippen molar-refractivity contribution in [3.05, 3.63) is 30.3 Å². The van der Waals surface area contributed by atoms with Crippen molar-refractivity contribution in [2.45, 2.75) is 44.6 Å². The predicted octanol–water partition coefficient (Wildman–Crippen LogP) is 3.05. The molecule has 1 saturated heterocycles. The second-order valence-corrected chi connectivity index (χ2v) is 5.88. The summed E-state index contributed by atoms with van der Waals surface area (Å²) in [5.41, 5.74) is 0. The molecule has 0 unspecified atom stereocenters. The Morgan fingerprint density at radius 3 is 2.65 bits per heavy atom. The summed E-state index contributed by atoms with van der Waals surface area (Å²) in [6.45, 7) is 1.59. The highest BCUT2D eigenvalue weighted by molar-refractivity contribution is 5.79. The van der Waals surface area contributed by atoms with Gasteiger partial charge in [-0.05, 0) is 31.0 Å². The quantitative estimate of drug-likeness (QED) is 0.846. The lowest BCUT2D eigenvalue weighted by atomic mass is 9.88. The van der Waals surface area contributed by atoms with Gasteiger partial charge in [0, 0.05) is 18.9 Å². The molecule has 3 heteroatoms. The van der Waals surface area contributed by atoms with E-state index in [1.807, 2.05) is 29.2 Å². The van der Waals surface area contributed by atoms with Gasteiger partial charge in [0.25, 0.3) is 0 Å². The van der Waals surface area contributed by atoms with Crippen LogP contribution in [0.1, 0.15) is 38.5 Å². The highest BCUT2D eigenvalue weighted by Crippen LogP contribution is 2.27. The smallest absolute Gasteiger partial charge is 0.225 e. The Labute approximate surface area is 120 Å². The fraction of sp³-hybridized carbons (Fsp3) is 0.588. The highest BCUT2D eigenvalue weighted by atomic mass is 16.5. The largest absolute Gasteiger partial charge is 0.489 e. The summed E-state index contributed by atoms with van der Waals surface area (Å²) in [6, 6.07) is 10.5. The number of benzene rings is 1. The summed E-state index contributed by atoms with van der Waals surface area (Å²) in [5, 5.41) is 0. The van der Waals surface area contributed by atoms with Crippen LogP contribution in [0, 0.1) is 12.0 Å². The average molecular weight is 272 g/mol. The molecule has 3 rings (SSSR count). The second-order valence-electron chi connectivity index (χ2n) is 5.88. The van der Waals surface area contributed by atoms with Gasteiger partial charge < -0.3 is 9.64 Å². The monoisotopic (exact) mass is 272 g/mol. The lowest BCUT2D eigenvalue weighted by Crippen LogP contribution is -2.36. The zero-order valence-corrected chi connectivity index (χ0v) is 11.9. The molecule has 0 spiro atoms. The van der Waals surface area contributed by atoms with Gasteiger partial charge in [-0.25, -0.2) is 0 Å². The molecule has 2 aliphatic rings. The predicted molar refractivity (Wildman–Crippen MR) is 77.5 cm³/mol. The van der Waals surface area contributed by atoms with Crippen molar-refractivity contribution in [3.63, 3.8) is 0 Å². The number of hydrogen-bond acceptors (Lipinski definition) is 2. The lowest BCUT2D eigenvalue weighted by molar-refractivity contribution is -0.135. The van der Waals surface area contributed by atoms with E-state index in [0.717, 1.165) is 38.1 Å². The molecule has 0 aromatic heterocycles. The minimum atomic E-state index is 0.143. The van der Waals surface area contributed by atoms with Crippen LogP contribution >= 0.6 is 0 Å². The van der Waals surface area contributed by atoms with Gasteiger partial charge in [0.2, 0.25) is 5.91 Å². The van der Waals surface area contributed by atoms with Crippen LogP contribution in [-0.2, 0) is 4.79 Å². The van der Waals surface area contributed by atoms with E-state index in [4.69, 9.17) is 4.74 Å². The van der Waals surface area contributed by atoms with Crippen molar-refractivity contribution in [2.24, 2.45) is 5.92 Å². The molecule has 1 amide bonds. The van der Waals surface area contributed by atoms with E-state index in [1.165, 1.54) is 19.3 Å². The standard InChI is InChI=1S/C17H22NO2/c19-17(14-7-3-1-4-8-14)18-12-11-16(13-18)20-15-9-5-2-6-10-15/h5-6,9-10,14,16H,1,3-4,7-8,11-13H2/t16-/m1/s1. The van der Waals surface area contributed by atoms with Crippen molar-refractivity contribution in [2.75, 3.05) is 13.1 Å². The van der Waals surface area contributed by atoms with E-state index in [1.54, 1.807) is 0 Å². The van der Waals surface area contributed by atoms with Crippen molar-refractivity contribution >= 4 is 5.91 Å². The van der Waals surface area contributed by atoms with Gasteiger partial charge in [0.1, 0.15) is 11.9 Å². The fourth-order valence-corrected chi connectivity index (χ4v) is 3.27. The van der Waals surface area contributed by atoms with E-state index in [2.05, 4.69) is 6.07 Å². The Kier molecular flexibility index (Phi) is 4.24. The maximum atomic E-state index is 12.5. The van der Waals surface area contributed by atoms with Gasteiger partial charge in [-0.3, -0.25) is 4.79 Å². The lowest BCUT2D eigenvalue weighted by Gasteiger charge is -2.26. The average Bonchev–Trinajstić information content (AvgIpc) is 2.97.